The van der Waals surface area contributed by atoms with E-state index in [2.05, 4.69) is 78.9 Å². The molecule has 4 aromatic rings. The van der Waals surface area contributed by atoms with Gasteiger partial charge in [0.2, 0.25) is 0 Å². The zero-order chi connectivity index (χ0) is 20.2. The molecule has 30 heavy (non-hydrogen) atoms. The highest BCUT2D eigenvalue weighted by molar-refractivity contribution is 5.82. The Morgan fingerprint density at radius 3 is 1.97 bits per heavy atom. The third-order valence-electron chi connectivity index (χ3n) is 5.36. The summed E-state index contributed by atoms with van der Waals surface area (Å²) in [7, 11) is 0. The largest absolute Gasteiger partial charge is 0.488 e. The molecule has 0 aromatic heterocycles. The van der Waals surface area contributed by atoms with Gasteiger partial charge in [-0.2, -0.15) is 0 Å². The van der Waals surface area contributed by atoms with Crippen molar-refractivity contribution in [2.24, 2.45) is 0 Å². The van der Waals surface area contributed by atoms with Crippen molar-refractivity contribution >= 4 is 5.57 Å². The molecule has 4 aromatic carbocycles. The Morgan fingerprint density at radius 2 is 1.20 bits per heavy atom. The Morgan fingerprint density at radius 1 is 0.600 bits per heavy atom. The molecule has 0 amide bonds. The molecular formula is C28H22O2. The second-order valence-corrected chi connectivity index (χ2v) is 7.24. The second-order valence-electron chi connectivity index (χ2n) is 7.24. The molecule has 0 spiro atoms. The molecule has 5 rings (SSSR count). The number of rotatable bonds is 5. The van der Waals surface area contributed by atoms with Crippen LogP contribution in [0.5, 0.6) is 11.5 Å². The lowest BCUT2D eigenvalue weighted by Crippen LogP contribution is -2.11. The predicted octanol–water partition coefficient (Wildman–Crippen LogP) is 6.88. The fourth-order valence-corrected chi connectivity index (χ4v) is 3.87. The molecule has 146 valence electrons. The van der Waals surface area contributed by atoms with Crippen LogP contribution in [0.2, 0.25) is 0 Å². The van der Waals surface area contributed by atoms with Crippen LogP contribution < -0.4 is 9.47 Å². The van der Waals surface area contributed by atoms with Crippen LogP contribution in [0.3, 0.4) is 0 Å². The summed E-state index contributed by atoms with van der Waals surface area (Å²) in [4.78, 5) is 0. The van der Waals surface area contributed by atoms with Gasteiger partial charge in [0, 0.05) is 16.7 Å². The van der Waals surface area contributed by atoms with Crippen LogP contribution in [0, 0.1) is 0 Å². The molecule has 0 fully saturated rings. The Labute approximate surface area is 177 Å². The van der Waals surface area contributed by atoms with E-state index in [1.807, 2.05) is 30.3 Å². The van der Waals surface area contributed by atoms with Gasteiger partial charge in [-0.15, -0.1) is 0 Å². The van der Waals surface area contributed by atoms with E-state index in [1.165, 1.54) is 0 Å². The number of benzene rings is 4. The van der Waals surface area contributed by atoms with Crippen molar-refractivity contribution in [2.45, 2.75) is 0 Å². The maximum absolute atomic E-state index is 6.31. The van der Waals surface area contributed by atoms with Crippen LogP contribution in [-0.4, -0.2) is 13.2 Å². The van der Waals surface area contributed by atoms with Crippen molar-refractivity contribution in [3.8, 4) is 33.8 Å². The van der Waals surface area contributed by atoms with Crippen LogP contribution in [-0.2, 0) is 0 Å². The van der Waals surface area contributed by atoms with Gasteiger partial charge in [0.1, 0.15) is 24.7 Å². The highest BCUT2D eigenvalue weighted by Gasteiger charge is 2.19. The summed E-state index contributed by atoms with van der Waals surface area (Å²) in [5.74, 6) is 1.82. The Kier molecular flexibility index (Phi) is 5.05. The van der Waals surface area contributed by atoms with Gasteiger partial charge in [-0.25, -0.2) is 0 Å². The monoisotopic (exact) mass is 390 g/mol. The SMILES string of the molecule is C1=C(COc2ccccc2-c2ccccc2)c2cccc(-c3ccccc3)c2OC1. The maximum atomic E-state index is 6.31. The van der Waals surface area contributed by atoms with Crippen LogP contribution in [0.25, 0.3) is 27.8 Å². The highest BCUT2D eigenvalue weighted by atomic mass is 16.5. The molecule has 0 aliphatic carbocycles. The quantitative estimate of drug-likeness (QED) is 0.370. The molecule has 1 aliphatic heterocycles. The van der Waals surface area contributed by atoms with Gasteiger partial charge < -0.3 is 9.47 Å². The summed E-state index contributed by atoms with van der Waals surface area (Å²) < 4.78 is 12.4. The van der Waals surface area contributed by atoms with Gasteiger partial charge >= 0.3 is 0 Å². The van der Waals surface area contributed by atoms with Crippen LogP contribution in [0.15, 0.2) is 109 Å². The molecule has 1 heterocycles. The van der Waals surface area contributed by atoms with Crippen molar-refractivity contribution in [3.63, 3.8) is 0 Å². The van der Waals surface area contributed by atoms with E-state index in [-0.39, 0.29) is 0 Å². The molecule has 2 heteroatoms. The van der Waals surface area contributed by atoms with Crippen molar-refractivity contribution in [2.75, 3.05) is 13.2 Å². The Balaban J connectivity index is 1.43. The van der Waals surface area contributed by atoms with Gasteiger partial charge in [-0.05, 0) is 28.8 Å². The van der Waals surface area contributed by atoms with E-state index in [0.717, 1.165) is 44.9 Å². The smallest absolute Gasteiger partial charge is 0.135 e. The van der Waals surface area contributed by atoms with Crippen LogP contribution >= 0.6 is 0 Å². The average molecular weight is 390 g/mol. The lowest BCUT2D eigenvalue weighted by atomic mass is 9.96. The summed E-state index contributed by atoms with van der Waals surface area (Å²) in [6, 6.07) is 35.2. The number of ether oxygens (including phenoxy) is 2. The number of para-hydroxylation sites is 2. The summed E-state index contributed by atoms with van der Waals surface area (Å²) in [6.45, 7) is 1.05. The summed E-state index contributed by atoms with van der Waals surface area (Å²) in [6.07, 6.45) is 2.11. The van der Waals surface area contributed by atoms with Gasteiger partial charge in [0.25, 0.3) is 0 Å². The zero-order valence-corrected chi connectivity index (χ0v) is 16.6. The molecule has 0 radical (unpaired) electrons. The molecule has 0 unspecified atom stereocenters. The van der Waals surface area contributed by atoms with E-state index >= 15 is 0 Å². The molecular weight excluding hydrogens is 368 g/mol. The fourth-order valence-electron chi connectivity index (χ4n) is 3.87. The lowest BCUT2D eigenvalue weighted by molar-refractivity contribution is 0.344. The normalized spacial score (nSPS) is 12.5. The number of hydrogen-bond donors (Lipinski definition) is 0. The molecule has 0 saturated carbocycles. The minimum atomic E-state index is 0.498. The van der Waals surface area contributed by atoms with Crippen LogP contribution in [0.4, 0.5) is 0 Å². The zero-order valence-electron chi connectivity index (χ0n) is 16.6. The van der Waals surface area contributed by atoms with Crippen LogP contribution in [0.1, 0.15) is 5.56 Å². The minimum absolute atomic E-state index is 0.498. The molecule has 1 aliphatic rings. The molecule has 0 N–H and O–H groups in total. The van der Waals surface area contributed by atoms with Crippen molar-refractivity contribution in [1.29, 1.82) is 0 Å². The first kappa shape index (κ1) is 18.3. The highest BCUT2D eigenvalue weighted by Crippen LogP contribution is 2.39. The first-order chi connectivity index (χ1) is 14.9. The summed E-state index contributed by atoms with van der Waals surface area (Å²) in [5.41, 5.74) is 6.77. The Hall–Kier alpha value is -3.78. The summed E-state index contributed by atoms with van der Waals surface area (Å²) >= 11 is 0. The van der Waals surface area contributed by atoms with Crippen molar-refractivity contribution in [1.82, 2.24) is 0 Å². The third kappa shape index (κ3) is 3.60. The van der Waals surface area contributed by atoms with Crippen molar-refractivity contribution in [3.05, 3.63) is 115 Å². The molecule has 0 saturated heterocycles. The van der Waals surface area contributed by atoms with E-state index < -0.39 is 0 Å². The average Bonchev–Trinajstić information content (AvgIpc) is 2.83. The molecule has 0 bridgehead atoms. The van der Waals surface area contributed by atoms with Gasteiger partial charge in [-0.3, -0.25) is 0 Å². The topological polar surface area (TPSA) is 18.5 Å². The second kappa shape index (κ2) is 8.30. The van der Waals surface area contributed by atoms with E-state index in [0.29, 0.717) is 13.2 Å². The van der Waals surface area contributed by atoms with Gasteiger partial charge in [0.05, 0.1) is 0 Å². The van der Waals surface area contributed by atoms with Crippen molar-refractivity contribution < 1.29 is 9.47 Å². The van der Waals surface area contributed by atoms with Gasteiger partial charge in [0.15, 0.2) is 0 Å². The van der Waals surface area contributed by atoms with E-state index in [9.17, 15) is 0 Å². The minimum Gasteiger partial charge on any atom is -0.488 e. The number of fused-ring (bicyclic) bond motifs is 1. The summed E-state index contributed by atoms with van der Waals surface area (Å²) in [5, 5.41) is 0. The fraction of sp³-hybridized carbons (Fsp3) is 0.0714. The predicted molar refractivity (Wildman–Crippen MR) is 123 cm³/mol. The maximum Gasteiger partial charge on any atom is 0.135 e. The first-order valence-electron chi connectivity index (χ1n) is 10.2. The van der Waals surface area contributed by atoms with E-state index in [1.54, 1.807) is 0 Å². The standard InChI is InChI=1S/C28H22O2/c1-3-10-21(11-4-1)24-14-7-8-17-27(24)30-20-23-18-19-29-28-25(15-9-16-26(23)28)22-12-5-2-6-13-22/h1-18H,19-20H2. The molecule has 0 atom stereocenters. The van der Waals surface area contributed by atoms with Gasteiger partial charge in [-0.1, -0.05) is 97.1 Å². The van der Waals surface area contributed by atoms with E-state index in [4.69, 9.17) is 9.47 Å². The number of hydrogen-bond acceptors (Lipinski definition) is 2. The molecule has 2 nitrogen and oxygen atoms in total. The lowest BCUT2D eigenvalue weighted by Gasteiger charge is -2.22. The Bertz CT molecular complexity index is 1180. The third-order valence-corrected chi connectivity index (χ3v) is 5.36. The first-order valence-corrected chi connectivity index (χ1v) is 10.2.